The molecule has 0 saturated carbocycles. The molecule has 0 unspecified atom stereocenters. The van der Waals surface area contributed by atoms with Gasteiger partial charge in [0.05, 0.1) is 35.7 Å². The van der Waals surface area contributed by atoms with E-state index < -0.39 is 10.0 Å². The zero-order valence-corrected chi connectivity index (χ0v) is 18.8. The van der Waals surface area contributed by atoms with E-state index >= 15 is 0 Å². The van der Waals surface area contributed by atoms with Crippen molar-refractivity contribution in [2.45, 2.75) is 44.3 Å². The van der Waals surface area contributed by atoms with Crippen LogP contribution in [0.1, 0.15) is 25.2 Å². The maximum atomic E-state index is 13.1. The minimum atomic E-state index is -3.54. The first kappa shape index (κ1) is 20.5. The van der Waals surface area contributed by atoms with Crippen molar-refractivity contribution in [2.75, 3.05) is 31.2 Å². The topological polar surface area (TPSA) is 67.7 Å². The molecule has 0 spiro atoms. The Morgan fingerprint density at radius 3 is 2.68 bits per heavy atom. The largest absolute Gasteiger partial charge is 0.379 e. The van der Waals surface area contributed by atoms with Crippen LogP contribution in [0.25, 0.3) is 11.0 Å². The van der Waals surface area contributed by atoms with Gasteiger partial charge in [-0.3, -0.25) is 0 Å². The third-order valence-corrected chi connectivity index (χ3v) is 8.28. The molecule has 31 heavy (non-hydrogen) atoms. The quantitative estimate of drug-likeness (QED) is 0.610. The Morgan fingerprint density at radius 2 is 1.90 bits per heavy atom. The van der Waals surface area contributed by atoms with Crippen LogP contribution in [0.3, 0.4) is 0 Å². The maximum absolute atomic E-state index is 13.1. The zero-order chi connectivity index (χ0) is 21.6. The second kappa shape index (κ2) is 7.93. The van der Waals surface area contributed by atoms with Crippen molar-refractivity contribution in [3.8, 4) is 0 Å². The SMILES string of the molecule is CCn1c(CN2c3ccccc3C[C@@H]2C)nc2cc(S(=O)(=O)N3CCOCC3)ccc21. The number of hydrogen-bond donors (Lipinski definition) is 0. The Balaban J connectivity index is 1.50. The average Bonchev–Trinajstić information content (AvgIpc) is 3.30. The minimum Gasteiger partial charge on any atom is -0.379 e. The van der Waals surface area contributed by atoms with Crippen LogP contribution in [-0.2, 0) is 34.3 Å². The first-order valence-electron chi connectivity index (χ1n) is 10.9. The van der Waals surface area contributed by atoms with Gasteiger partial charge in [-0.25, -0.2) is 13.4 Å². The lowest BCUT2D eigenvalue weighted by atomic mass is 10.1. The number of para-hydroxylation sites is 1. The van der Waals surface area contributed by atoms with E-state index in [1.165, 1.54) is 15.6 Å². The van der Waals surface area contributed by atoms with E-state index in [1.807, 2.05) is 6.07 Å². The lowest BCUT2D eigenvalue weighted by molar-refractivity contribution is 0.0730. The molecule has 0 radical (unpaired) electrons. The van der Waals surface area contributed by atoms with Gasteiger partial charge >= 0.3 is 0 Å². The van der Waals surface area contributed by atoms with Crippen molar-refractivity contribution in [1.29, 1.82) is 0 Å². The lowest BCUT2D eigenvalue weighted by Gasteiger charge is -2.26. The van der Waals surface area contributed by atoms with Gasteiger partial charge in [0.1, 0.15) is 5.82 Å². The Bertz CT molecular complexity index is 1210. The van der Waals surface area contributed by atoms with Gasteiger partial charge in [0.25, 0.3) is 0 Å². The summed E-state index contributed by atoms with van der Waals surface area (Å²) in [5.74, 6) is 0.960. The number of benzene rings is 2. The van der Waals surface area contributed by atoms with Gasteiger partial charge in [0.2, 0.25) is 10.0 Å². The highest BCUT2D eigenvalue weighted by molar-refractivity contribution is 7.89. The normalized spacial score (nSPS) is 19.8. The molecule has 1 aromatic heterocycles. The molecule has 8 heteroatoms. The number of sulfonamides is 1. The third-order valence-electron chi connectivity index (χ3n) is 6.38. The average molecular weight is 441 g/mol. The number of morpholine rings is 1. The monoisotopic (exact) mass is 440 g/mol. The van der Waals surface area contributed by atoms with Crippen LogP contribution in [0, 0.1) is 0 Å². The van der Waals surface area contributed by atoms with E-state index in [4.69, 9.17) is 9.72 Å². The van der Waals surface area contributed by atoms with Crippen LogP contribution in [0.5, 0.6) is 0 Å². The molecule has 7 nitrogen and oxygen atoms in total. The molecule has 0 bridgehead atoms. The summed E-state index contributed by atoms with van der Waals surface area (Å²) in [6.07, 6.45) is 1.03. The molecule has 164 valence electrons. The molecular formula is C23H28N4O3S. The van der Waals surface area contributed by atoms with Crippen LogP contribution in [0.4, 0.5) is 5.69 Å². The molecule has 0 N–H and O–H groups in total. The number of rotatable bonds is 5. The maximum Gasteiger partial charge on any atom is 0.243 e. The summed E-state index contributed by atoms with van der Waals surface area (Å²) >= 11 is 0. The second-order valence-electron chi connectivity index (χ2n) is 8.25. The predicted octanol–water partition coefficient (Wildman–Crippen LogP) is 3.03. The summed E-state index contributed by atoms with van der Waals surface area (Å²) < 4.78 is 35.1. The molecule has 5 rings (SSSR count). The molecular weight excluding hydrogens is 412 g/mol. The van der Waals surface area contributed by atoms with E-state index in [0.29, 0.717) is 43.8 Å². The molecule has 0 amide bonds. The standard InChI is InChI=1S/C23H28N4O3S/c1-3-26-22-9-8-19(31(28,29)25-10-12-30-13-11-25)15-20(22)24-23(26)16-27-17(2)14-18-6-4-5-7-21(18)27/h4-9,15,17H,3,10-14,16H2,1-2H3/t17-/m0/s1. The summed E-state index contributed by atoms with van der Waals surface area (Å²) in [4.78, 5) is 7.58. The summed E-state index contributed by atoms with van der Waals surface area (Å²) in [5.41, 5.74) is 4.33. The van der Waals surface area contributed by atoms with Gasteiger partial charge < -0.3 is 14.2 Å². The summed E-state index contributed by atoms with van der Waals surface area (Å²) in [6, 6.07) is 14.3. The van der Waals surface area contributed by atoms with Crippen molar-refractivity contribution >= 4 is 26.7 Å². The molecule has 1 fully saturated rings. The Labute approximate surface area is 183 Å². The van der Waals surface area contributed by atoms with Crippen LogP contribution in [-0.4, -0.2) is 54.6 Å². The van der Waals surface area contributed by atoms with Gasteiger partial charge in [-0.2, -0.15) is 4.31 Å². The number of aromatic nitrogens is 2. The Morgan fingerprint density at radius 1 is 1.13 bits per heavy atom. The smallest absolute Gasteiger partial charge is 0.243 e. The molecule has 2 aliphatic heterocycles. The van der Waals surface area contributed by atoms with Crippen molar-refractivity contribution < 1.29 is 13.2 Å². The fraction of sp³-hybridized carbons (Fsp3) is 0.435. The highest BCUT2D eigenvalue weighted by Crippen LogP contribution is 2.33. The summed E-state index contributed by atoms with van der Waals surface area (Å²) in [7, 11) is -3.54. The van der Waals surface area contributed by atoms with E-state index in [9.17, 15) is 8.42 Å². The van der Waals surface area contributed by atoms with E-state index in [0.717, 1.165) is 29.8 Å². The first-order chi connectivity index (χ1) is 15.0. The molecule has 1 saturated heterocycles. The van der Waals surface area contributed by atoms with Gasteiger partial charge in [-0.1, -0.05) is 18.2 Å². The van der Waals surface area contributed by atoms with Crippen LogP contribution in [0.2, 0.25) is 0 Å². The lowest BCUT2D eigenvalue weighted by Crippen LogP contribution is -2.40. The van der Waals surface area contributed by atoms with Crippen LogP contribution >= 0.6 is 0 Å². The van der Waals surface area contributed by atoms with E-state index in [-0.39, 0.29) is 0 Å². The van der Waals surface area contributed by atoms with Crippen LogP contribution < -0.4 is 4.90 Å². The van der Waals surface area contributed by atoms with Crippen molar-refractivity contribution in [2.24, 2.45) is 0 Å². The van der Waals surface area contributed by atoms with Crippen molar-refractivity contribution in [3.05, 3.63) is 53.9 Å². The number of hydrogen-bond acceptors (Lipinski definition) is 5. The number of aryl methyl sites for hydroxylation is 1. The summed E-state index contributed by atoms with van der Waals surface area (Å²) in [5, 5.41) is 0. The number of imidazole rings is 1. The fourth-order valence-electron chi connectivity index (χ4n) is 4.75. The molecule has 2 aliphatic rings. The van der Waals surface area contributed by atoms with E-state index in [1.54, 1.807) is 12.1 Å². The van der Waals surface area contributed by atoms with Gasteiger partial charge in [-0.05, 0) is 50.1 Å². The van der Waals surface area contributed by atoms with Crippen LogP contribution in [0.15, 0.2) is 47.4 Å². The first-order valence-corrected chi connectivity index (χ1v) is 12.3. The van der Waals surface area contributed by atoms with Gasteiger partial charge in [-0.15, -0.1) is 0 Å². The summed E-state index contributed by atoms with van der Waals surface area (Å²) in [6.45, 7) is 7.48. The van der Waals surface area contributed by atoms with Crippen molar-refractivity contribution in [1.82, 2.24) is 13.9 Å². The van der Waals surface area contributed by atoms with E-state index in [2.05, 4.69) is 47.6 Å². The Hall–Kier alpha value is -2.42. The number of nitrogens with zero attached hydrogens (tertiary/aromatic N) is 4. The molecule has 1 atom stereocenters. The number of anilines is 1. The molecule has 0 aliphatic carbocycles. The predicted molar refractivity (Wildman–Crippen MR) is 121 cm³/mol. The highest BCUT2D eigenvalue weighted by atomic mass is 32.2. The van der Waals surface area contributed by atoms with Crippen molar-refractivity contribution in [3.63, 3.8) is 0 Å². The molecule has 3 aromatic rings. The number of ether oxygens (including phenoxy) is 1. The second-order valence-corrected chi connectivity index (χ2v) is 10.2. The zero-order valence-electron chi connectivity index (χ0n) is 18.0. The minimum absolute atomic E-state index is 0.300. The Kier molecular flexibility index (Phi) is 5.24. The fourth-order valence-corrected chi connectivity index (χ4v) is 6.18. The third kappa shape index (κ3) is 3.52. The molecule has 3 heterocycles. The van der Waals surface area contributed by atoms with Gasteiger partial charge in [0.15, 0.2) is 0 Å². The number of fused-ring (bicyclic) bond motifs is 2. The van der Waals surface area contributed by atoms with Gasteiger partial charge in [0, 0.05) is 31.4 Å². The highest BCUT2D eigenvalue weighted by Gasteiger charge is 2.29. The molecule has 2 aromatic carbocycles.